The lowest BCUT2D eigenvalue weighted by Crippen LogP contribution is -2.03. The smallest absolute Gasteiger partial charge is 0.303 e. The number of hydrogen-bond acceptors (Lipinski definition) is 4. The fourth-order valence-corrected chi connectivity index (χ4v) is 2.73. The molecule has 0 aliphatic carbocycles. The highest BCUT2D eigenvalue weighted by atomic mass is 35.7. The summed E-state index contributed by atoms with van der Waals surface area (Å²) in [7, 11) is 1.55. The third-order valence-corrected chi connectivity index (χ3v) is 4.08. The van der Waals surface area contributed by atoms with E-state index in [0.717, 1.165) is 0 Å². The van der Waals surface area contributed by atoms with E-state index in [9.17, 15) is 13.2 Å². The molecule has 0 aliphatic rings. The second-order valence-electron chi connectivity index (χ2n) is 4.52. The summed E-state index contributed by atoms with van der Waals surface area (Å²) in [6.07, 6.45) is 1.28. The van der Waals surface area contributed by atoms with Gasteiger partial charge in [0.2, 0.25) is 0 Å². The first-order valence-electron chi connectivity index (χ1n) is 6.12. The van der Waals surface area contributed by atoms with Crippen LogP contribution in [0, 0.1) is 13.8 Å². The Hall–Kier alpha value is -1.27. The molecule has 20 heavy (non-hydrogen) atoms. The number of hydrogen-bond donors (Lipinski definition) is 1. The van der Waals surface area contributed by atoms with Crippen molar-refractivity contribution in [3.63, 3.8) is 0 Å². The zero-order valence-corrected chi connectivity index (χ0v) is 12.9. The van der Waals surface area contributed by atoms with Gasteiger partial charge in [0.1, 0.15) is 5.75 Å². The molecule has 0 fully saturated rings. The number of unbranched alkanes of at least 4 members (excludes halogenated alkanes) is 1. The zero-order chi connectivity index (χ0) is 15.3. The van der Waals surface area contributed by atoms with Crippen LogP contribution >= 0.6 is 10.7 Å². The monoisotopic (exact) mass is 320 g/mol. The van der Waals surface area contributed by atoms with Crippen molar-refractivity contribution in [2.45, 2.75) is 38.0 Å². The third kappa shape index (κ3) is 5.02. The molecule has 0 saturated heterocycles. The van der Waals surface area contributed by atoms with Gasteiger partial charge in [-0.05, 0) is 49.9 Å². The molecule has 1 aromatic carbocycles. The molecule has 0 saturated carbocycles. The SMILES string of the molecule is Cc1cc(S(=O)(=O)Cl)cc(C)c1OCCCCC(=O)O. The van der Waals surface area contributed by atoms with Crippen LogP contribution in [-0.4, -0.2) is 26.1 Å². The lowest BCUT2D eigenvalue weighted by Gasteiger charge is -2.13. The van der Waals surface area contributed by atoms with Crippen LogP contribution in [0.2, 0.25) is 0 Å². The summed E-state index contributed by atoms with van der Waals surface area (Å²) < 4.78 is 28.1. The summed E-state index contributed by atoms with van der Waals surface area (Å²) in [6, 6.07) is 2.92. The first-order chi connectivity index (χ1) is 9.21. The van der Waals surface area contributed by atoms with Gasteiger partial charge in [-0.1, -0.05) is 0 Å². The minimum Gasteiger partial charge on any atom is -0.493 e. The normalized spacial score (nSPS) is 11.3. The number of ether oxygens (including phenoxy) is 1. The van der Waals surface area contributed by atoms with E-state index in [1.165, 1.54) is 12.1 Å². The topological polar surface area (TPSA) is 80.7 Å². The Morgan fingerprint density at radius 1 is 1.25 bits per heavy atom. The van der Waals surface area contributed by atoms with E-state index in [-0.39, 0.29) is 11.3 Å². The van der Waals surface area contributed by atoms with Crippen LogP contribution in [0.3, 0.4) is 0 Å². The van der Waals surface area contributed by atoms with Gasteiger partial charge in [0.15, 0.2) is 0 Å². The lowest BCUT2D eigenvalue weighted by molar-refractivity contribution is -0.137. The Labute approximate surface area is 122 Å². The molecule has 0 amide bonds. The maximum atomic E-state index is 11.3. The van der Waals surface area contributed by atoms with Crippen molar-refractivity contribution in [2.24, 2.45) is 0 Å². The predicted molar refractivity (Wildman–Crippen MR) is 75.9 cm³/mol. The van der Waals surface area contributed by atoms with E-state index in [4.69, 9.17) is 20.5 Å². The molecule has 0 spiro atoms. The summed E-state index contributed by atoms with van der Waals surface area (Å²) in [4.78, 5) is 10.4. The van der Waals surface area contributed by atoms with Crippen molar-refractivity contribution in [1.82, 2.24) is 0 Å². The molecular weight excluding hydrogens is 304 g/mol. The van der Waals surface area contributed by atoms with Gasteiger partial charge >= 0.3 is 5.97 Å². The van der Waals surface area contributed by atoms with Crippen molar-refractivity contribution in [3.8, 4) is 5.75 Å². The van der Waals surface area contributed by atoms with Gasteiger partial charge < -0.3 is 9.84 Å². The Morgan fingerprint density at radius 3 is 2.25 bits per heavy atom. The van der Waals surface area contributed by atoms with E-state index >= 15 is 0 Å². The molecule has 112 valence electrons. The second kappa shape index (κ2) is 6.95. The van der Waals surface area contributed by atoms with E-state index in [1.807, 2.05) is 0 Å². The van der Waals surface area contributed by atoms with Crippen LogP contribution in [0.5, 0.6) is 5.75 Å². The molecule has 0 heterocycles. The number of rotatable bonds is 7. The number of carboxylic acids is 1. The molecule has 0 unspecified atom stereocenters. The minimum atomic E-state index is -3.75. The van der Waals surface area contributed by atoms with Crippen molar-refractivity contribution in [1.29, 1.82) is 0 Å². The van der Waals surface area contributed by atoms with E-state index in [2.05, 4.69) is 0 Å². The number of aryl methyl sites for hydroxylation is 2. The maximum absolute atomic E-state index is 11.3. The molecule has 0 aliphatic heterocycles. The largest absolute Gasteiger partial charge is 0.493 e. The van der Waals surface area contributed by atoms with Gasteiger partial charge in [-0.15, -0.1) is 0 Å². The summed E-state index contributed by atoms with van der Waals surface area (Å²) in [5, 5.41) is 8.51. The fourth-order valence-electron chi connectivity index (χ4n) is 1.83. The Kier molecular flexibility index (Phi) is 5.83. The van der Waals surface area contributed by atoms with Crippen LogP contribution in [0.4, 0.5) is 0 Å². The van der Waals surface area contributed by atoms with E-state index in [1.54, 1.807) is 13.8 Å². The highest BCUT2D eigenvalue weighted by molar-refractivity contribution is 8.13. The van der Waals surface area contributed by atoms with Crippen molar-refractivity contribution >= 4 is 25.7 Å². The number of carboxylic acid groups (broad SMARTS) is 1. The predicted octanol–water partition coefficient (Wildman–Crippen LogP) is 2.86. The second-order valence-corrected chi connectivity index (χ2v) is 7.09. The van der Waals surface area contributed by atoms with Gasteiger partial charge in [0, 0.05) is 17.1 Å². The molecule has 5 nitrogen and oxygen atoms in total. The fraction of sp³-hybridized carbons (Fsp3) is 0.462. The third-order valence-electron chi connectivity index (χ3n) is 2.75. The molecule has 1 N–H and O–H groups in total. The van der Waals surface area contributed by atoms with Crippen molar-refractivity contribution in [3.05, 3.63) is 23.3 Å². The van der Waals surface area contributed by atoms with Gasteiger partial charge in [-0.2, -0.15) is 0 Å². The zero-order valence-electron chi connectivity index (χ0n) is 11.3. The van der Waals surface area contributed by atoms with Gasteiger partial charge in [-0.3, -0.25) is 4.79 Å². The number of aliphatic carboxylic acids is 1. The molecule has 0 aromatic heterocycles. The number of benzene rings is 1. The minimum absolute atomic E-state index is 0.0485. The average Bonchev–Trinajstić information content (AvgIpc) is 2.29. The van der Waals surface area contributed by atoms with Crippen LogP contribution in [0.25, 0.3) is 0 Å². The van der Waals surface area contributed by atoms with E-state index in [0.29, 0.717) is 36.3 Å². The summed E-state index contributed by atoms with van der Waals surface area (Å²) >= 11 is 0. The van der Waals surface area contributed by atoms with Gasteiger partial charge in [0.25, 0.3) is 9.05 Å². The van der Waals surface area contributed by atoms with Crippen molar-refractivity contribution < 1.29 is 23.1 Å². The molecule has 7 heteroatoms. The highest BCUT2D eigenvalue weighted by Crippen LogP contribution is 2.28. The quantitative estimate of drug-likeness (QED) is 0.617. The van der Waals surface area contributed by atoms with Gasteiger partial charge in [-0.25, -0.2) is 8.42 Å². The standard InChI is InChI=1S/C13H17ClO5S/c1-9-7-11(20(14,17)18)8-10(2)13(9)19-6-4-3-5-12(15)16/h7-8H,3-6H2,1-2H3,(H,15,16). The maximum Gasteiger partial charge on any atom is 0.303 e. The van der Waals surface area contributed by atoms with Crippen LogP contribution in [0.1, 0.15) is 30.4 Å². The molecule has 0 radical (unpaired) electrons. The molecule has 0 bridgehead atoms. The first kappa shape index (κ1) is 16.8. The number of halogens is 1. The molecule has 1 aromatic rings. The average molecular weight is 321 g/mol. The molecular formula is C13H17ClO5S. The lowest BCUT2D eigenvalue weighted by atomic mass is 10.1. The highest BCUT2D eigenvalue weighted by Gasteiger charge is 2.14. The Bertz CT molecular complexity index is 572. The van der Waals surface area contributed by atoms with Crippen molar-refractivity contribution in [2.75, 3.05) is 6.61 Å². The van der Waals surface area contributed by atoms with Gasteiger partial charge in [0.05, 0.1) is 11.5 Å². The van der Waals surface area contributed by atoms with Crippen LogP contribution in [-0.2, 0) is 13.8 Å². The first-order valence-corrected chi connectivity index (χ1v) is 8.43. The van der Waals surface area contributed by atoms with Crippen LogP contribution < -0.4 is 4.74 Å². The molecule has 1 rings (SSSR count). The van der Waals surface area contributed by atoms with E-state index < -0.39 is 15.0 Å². The van der Waals surface area contributed by atoms with Crippen LogP contribution in [0.15, 0.2) is 17.0 Å². The Morgan fingerprint density at radius 2 is 1.80 bits per heavy atom. The summed E-state index contributed by atoms with van der Waals surface area (Å²) in [5.41, 5.74) is 1.37. The summed E-state index contributed by atoms with van der Waals surface area (Å²) in [5.74, 6) is -0.210. The Balaban J connectivity index is 2.70. The molecule has 0 atom stereocenters. The number of carbonyl (C=O) groups is 1. The summed E-state index contributed by atoms with van der Waals surface area (Å²) in [6.45, 7) is 3.87.